The number of aromatic nitrogens is 1. The average molecular weight is 422 g/mol. The largest absolute Gasteiger partial charge is 0.490 e. The SMILES string of the molecule is CC(C)N1CCC(Oc2ccc3c(c2)cc2n3CCN(Cc3cccc(F)c3)C2)CC1. The Morgan fingerprint density at radius 2 is 1.84 bits per heavy atom. The molecular weight excluding hydrogens is 389 g/mol. The molecule has 3 heterocycles. The number of hydrogen-bond donors (Lipinski definition) is 0. The van der Waals surface area contributed by atoms with Gasteiger partial charge in [-0.2, -0.15) is 0 Å². The van der Waals surface area contributed by atoms with E-state index in [2.05, 4.69) is 52.5 Å². The summed E-state index contributed by atoms with van der Waals surface area (Å²) in [6, 6.07) is 16.4. The molecule has 1 aromatic heterocycles. The first kappa shape index (κ1) is 20.5. The molecule has 5 rings (SSSR count). The highest BCUT2D eigenvalue weighted by Crippen LogP contribution is 2.29. The van der Waals surface area contributed by atoms with Gasteiger partial charge >= 0.3 is 0 Å². The van der Waals surface area contributed by atoms with E-state index < -0.39 is 0 Å². The molecule has 0 radical (unpaired) electrons. The molecule has 0 spiro atoms. The fourth-order valence-corrected chi connectivity index (χ4v) is 5.06. The summed E-state index contributed by atoms with van der Waals surface area (Å²) in [5.74, 6) is 0.820. The maximum absolute atomic E-state index is 13.5. The smallest absolute Gasteiger partial charge is 0.123 e. The average Bonchev–Trinajstić information content (AvgIpc) is 3.11. The fraction of sp³-hybridized carbons (Fsp3) is 0.462. The molecule has 0 atom stereocenters. The first-order valence-electron chi connectivity index (χ1n) is 11.5. The van der Waals surface area contributed by atoms with Gasteiger partial charge in [0.05, 0.1) is 0 Å². The van der Waals surface area contributed by atoms with Crippen molar-refractivity contribution in [3.8, 4) is 5.75 Å². The van der Waals surface area contributed by atoms with Gasteiger partial charge in [-0.25, -0.2) is 4.39 Å². The Morgan fingerprint density at radius 1 is 1.00 bits per heavy atom. The van der Waals surface area contributed by atoms with E-state index in [-0.39, 0.29) is 5.82 Å². The van der Waals surface area contributed by atoms with E-state index >= 15 is 0 Å². The Labute approximate surface area is 184 Å². The minimum atomic E-state index is -0.161. The molecule has 164 valence electrons. The highest BCUT2D eigenvalue weighted by molar-refractivity contribution is 5.83. The van der Waals surface area contributed by atoms with Crippen LogP contribution in [0, 0.1) is 5.82 Å². The van der Waals surface area contributed by atoms with Crippen LogP contribution in [-0.4, -0.2) is 46.1 Å². The summed E-state index contributed by atoms with van der Waals surface area (Å²) in [6.07, 6.45) is 2.50. The molecule has 4 nitrogen and oxygen atoms in total. The van der Waals surface area contributed by atoms with Gasteiger partial charge in [0.1, 0.15) is 17.7 Å². The third kappa shape index (κ3) is 4.48. The molecule has 1 saturated heterocycles. The van der Waals surface area contributed by atoms with Gasteiger partial charge in [-0.1, -0.05) is 12.1 Å². The lowest BCUT2D eigenvalue weighted by Crippen LogP contribution is -2.41. The predicted octanol–water partition coefficient (Wildman–Crippen LogP) is 5.05. The van der Waals surface area contributed by atoms with E-state index in [1.807, 2.05) is 6.07 Å². The third-order valence-electron chi connectivity index (χ3n) is 6.79. The van der Waals surface area contributed by atoms with Crippen LogP contribution in [0.5, 0.6) is 5.75 Å². The summed E-state index contributed by atoms with van der Waals surface area (Å²) in [7, 11) is 0. The van der Waals surface area contributed by atoms with Crippen LogP contribution in [0.2, 0.25) is 0 Å². The highest BCUT2D eigenvalue weighted by atomic mass is 19.1. The van der Waals surface area contributed by atoms with E-state index in [0.717, 1.165) is 63.4 Å². The van der Waals surface area contributed by atoms with Crippen LogP contribution in [-0.2, 0) is 19.6 Å². The number of rotatable bonds is 5. The molecule has 2 aliphatic rings. The molecule has 0 bridgehead atoms. The first-order chi connectivity index (χ1) is 15.0. The quantitative estimate of drug-likeness (QED) is 0.575. The lowest BCUT2D eigenvalue weighted by atomic mass is 10.1. The second-order valence-corrected chi connectivity index (χ2v) is 9.30. The lowest BCUT2D eigenvalue weighted by molar-refractivity contribution is 0.0844. The maximum atomic E-state index is 13.5. The van der Waals surface area contributed by atoms with E-state index in [1.54, 1.807) is 12.1 Å². The second-order valence-electron chi connectivity index (χ2n) is 9.30. The molecule has 0 amide bonds. The second kappa shape index (κ2) is 8.64. The van der Waals surface area contributed by atoms with Crippen molar-refractivity contribution >= 4 is 10.9 Å². The van der Waals surface area contributed by atoms with Crippen molar-refractivity contribution in [3.05, 3.63) is 65.6 Å². The number of likely N-dealkylation sites (tertiary alicyclic amines) is 1. The number of ether oxygens (including phenoxy) is 1. The third-order valence-corrected chi connectivity index (χ3v) is 6.79. The molecule has 2 aromatic carbocycles. The minimum Gasteiger partial charge on any atom is -0.490 e. The van der Waals surface area contributed by atoms with E-state index in [4.69, 9.17) is 4.74 Å². The Kier molecular flexibility index (Phi) is 5.72. The molecule has 0 unspecified atom stereocenters. The Balaban J connectivity index is 1.26. The van der Waals surface area contributed by atoms with Crippen LogP contribution in [0.3, 0.4) is 0 Å². The monoisotopic (exact) mass is 421 g/mol. The number of halogens is 1. The normalized spacial score (nSPS) is 18.6. The van der Waals surface area contributed by atoms with Crippen molar-refractivity contribution in [2.24, 2.45) is 0 Å². The maximum Gasteiger partial charge on any atom is 0.123 e. The van der Waals surface area contributed by atoms with Crippen molar-refractivity contribution in [2.75, 3.05) is 19.6 Å². The highest BCUT2D eigenvalue weighted by Gasteiger charge is 2.23. The van der Waals surface area contributed by atoms with Crippen LogP contribution in [0.15, 0.2) is 48.5 Å². The molecule has 1 fully saturated rings. The Hall–Kier alpha value is -2.37. The zero-order valence-corrected chi connectivity index (χ0v) is 18.6. The Bertz CT molecular complexity index is 1050. The number of hydrogen-bond acceptors (Lipinski definition) is 3. The van der Waals surface area contributed by atoms with Crippen molar-refractivity contribution in [1.29, 1.82) is 0 Å². The molecule has 0 N–H and O–H groups in total. The van der Waals surface area contributed by atoms with Crippen molar-refractivity contribution in [2.45, 2.75) is 58.5 Å². The molecule has 3 aromatic rings. The number of benzene rings is 2. The zero-order valence-electron chi connectivity index (χ0n) is 18.6. The van der Waals surface area contributed by atoms with Gasteiger partial charge in [-0.15, -0.1) is 0 Å². The molecule has 31 heavy (non-hydrogen) atoms. The first-order valence-corrected chi connectivity index (χ1v) is 11.5. The standard InChI is InChI=1S/C26H32FN3O/c1-19(2)29-10-8-24(9-11-29)31-25-6-7-26-21(16-25)15-23-18-28(12-13-30(23)26)17-20-4-3-5-22(27)14-20/h3-7,14-16,19,24H,8-13,17-18H2,1-2H3. The van der Waals surface area contributed by atoms with Crippen LogP contribution in [0.4, 0.5) is 4.39 Å². The van der Waals surface area contributed by atoms with Gasteiger partial charge in [0.15, 0.2) is 0 Å². The summed E-state index contributed by atoms with van der Waals surface area (Å²) in [5, 5.41) is 1.25. The van der Waals surface area contributed by atoms with E-state index in [1.165, 1.54) is 22.7 Å². The van der Waals surface area contributed by atoms with Gasteiger partial charge in [0.2, 0.25) is 0 Å². The van der Waals surface area contributed by atoms with Gasteiger partial charge in [0.25, 0.3) is 0 Å². The van der Waals surface area contributed by atoms with Crippen LogP contribution in [0.25, 0.3) is 10.9 Å². The van der Waals surface area contributed by atoms with Crippen LogP contribution < -0.4 is 4.74 Å². The minimum absolute atomic E-state index is 0.161. The van der Waals surface area contributed by atoms with Crippen molar-refractivity contribution in [1.82, 2.24) is 14.4 Å². The van der Waals surface area contributed by atoms with Gasteiger partial charge in [-0.05, 0) is 68.7 Å². The summed E-state index contributed by atoms with van der Waals surface area (Å²) in [4.78, 5) is 4.92. The van der Waals surface area contributed by atoms with E-state index in [9.17, 15) is 4.39 Å². The predicted molar refractivity (Wildman–Crippen MR) is 123 cm³/mol. The van der Waals surface area contributed by atoms with E-state index in [0.29, 0.717) is 12.1 Å². The van der Waals surface area contributed by atoms with Crippen molar-refractivity contribution < 1.29 is 9.13 Å². The van der Waals surface area contributed by atoms with Crippen molar-refractivity contribution in [3.63, 3.8) is 0 Å². The lowest BCUT2D eigenvalue weighted by Gasteiger charge is -2.34. The number of fused-ring (bicyclic) bond motifs is 3. The Morgan fingerprint density at radius 3 is 2.61 bits per heavy atom. The summed E-state index contributed by atoms with van der Waals surface area (Å²) in [6.45, 7) is 10.4. The number of piperidine rings is 1. The summed E-state index contributed by atoms with van der Waals surface area (Å²) < 4.78 is 22.3. The number of nitrogens with zero attached hydrogens (tertiary/aromatic N) is 3. The molecule has 5 heteroatoms. The summed E-state index contributed by atoms with van der Waals surface area (Å²) in [5.41, 5.74) is 3.63. The molecule has 0 saturated carbocycles. The fourth-order valence-electron chi connectivity index (χ4n) is 5.06. The van der Waals surface area contributed by atoms with Gasteiger partial charge in [0, 0.05) is 61.9 Å². The van der Waals surface area contributed by atoms with Crippen LogP contribution >= 0.6 is 0 Å². The van der Waals surface area contributed by atoms with Gasteiger partial charge < -0.3 is 14.2 Å². The molecule has 2 aliphatic heterocycles. The molecular formula is C26H32FN3O. The van der Waals surface area contributed by atoms with Crippen LogP contribution in [0.1, 0.15) is 37.9 Å². The summed E-state index contributed by atoms with van der Waals surface area (Å²) >= 11 is 0. The van der Waals surface area contributed by atoms with Gasteiger partial charge in [-0.3, -0.25) is 4.90 Å². The topological polar surface area (TPSA) is 20.6 Å². The zero-order chi connectivity index (χ0) is 21.4. The molecule has 0 aliphatic carbocycles.